The monoisotopic (exact) mass is 305 g/mol. The molecule has 17 heavy (non-hydrogen) atoms. The summed E-state index contributed by atoms with van der Waals surface area (Å²) in [5, 5.41) is 17.6. The SMILES string of the molecule is Cc1ccc(O)cc1C.Oc1ccccc1.[Y]. The van der Waals surface area contributed by atoms with Gasteiger partial charge in [0.1, 0.15) is 11.5 Å². The molecule has 0 atom stereocenters. The zero-order chi connectivity index (χ0) is 12.0. The first-order chi connectivity index (χ1) is 7.59. The zero-order valence-electron chi connectivity index (χ0n) is 10.1. The average molecular weight is 305 g/mol. The number of rotatable bonds is 0. The third-order valence-corrected chi connectivity index (χ3v) is 2.25. The second-order valence-corrected chi connectivity index (χ2v) is 3.60. The summed E-state index contributed by atoms with van der Waals surface area (Å²) in [6, 6.07) is 14.1. The van der Waals surface area contributed by atoms with E-state index in [1.54, 1.807) is 36.4 Å². The predicted molar refractivity (Wildman–Crippen MR) is 65.7 cm³/mol. The van der Waals surface area contributed by atoms with Crippen LogP contribution in [0.15, 0.2) is 48.5 Å². The standard InChI is InChI=1S/C8H10O.C6H6O.Y/c1-6-3-4-8(9)5-7(6)2;7-6-4-2-1-3-5-6;/h3-5,9H,1-2H3;1-5,7H;. The fraction of sp³-hybridized carbons (Fsp3) is 0.143. The number of hydrogen-bond acceptors (Lipinski definition) is 2. The van der Waals surface area contributed by atoms with Crippen molar-refractivity contribution in [1.29, 1.82) is 0 Å². The maximum Gasteiger partial charge on any atom is 0.115 e. The van der Waals surface area contributed by atoms with E-state index in [2.05, 4.69) is 0 Å². The van der Waals surface area contributed by atoms with Crippen molar-refractivity contribution in [2.45, 2.75) is 13.8 Å². The molecule has 0 heterocycles. The molecule has 2 aromatic carbocycles. The van der Waals surface area contributed by atoms with Crippen molar-refractivity contribution in [1.82, 2.24) is 0 Å². The van der Waals surface area contributed by atoms with Gasteiger partial charge in [-0.1, -0.05) is 24.3 Å². The average Bonchev–Trinajstić information content (AvgIpc) is 2.26. The van der Waals surface area contributed by atoms with E-state index in [0.29, 0.717) is 11.5 Å². The summed E-state index contributed by atoms with van der Waals surface area (Å²) >= 11 is 0. The first-order valence-electron chi connectivity index (χ1n) is 5.10. The number of benzene rings is 2. The van der Waals surface area contributed by atoms with Crippen LogP contribution >= 0.6 is 0 Å². The topological polar surface area (TPSA) is 40.5 Å². The van der Waals surface area contributed by atoms with E-state index in [-0.39, 0.29) is 32.7 Å². The van der Waals surface area contributed by atoms with Crippen molar-refractivity contribution < 1.29 is 42.9 Å². The summed E-state index contributed by atoms with van der Waals surface area (Å²) in [5.74, 6) is 0.667. The number of aryl methyl sites for hydroxylation is 2. The molecule has 0 fully saturated rings. The Morgan fingerprint density at radius 3 is 1.65 bits per heavy atom. The molecule has 0 amide bonds. The molecule has 0 saturated carbocycles. The van der Waals surface area contributed by atoms with Gasteiger partial charge in [0.25, 0.3) is 0 Å². The predicted octanol–water partition coefficient (Wildman–Crippen LogP) is 3.40. The van der Waals surface area contributed by atoms with Crippen molar-refractivity contribution >= 4 is 0 Å². The van der Waals surface area contributed by atoms with Crippen LogP contribution in [0.3, 0.4) is 0 Å². The number of phenols is 2. The minimum absolute atomic E-state index is 0. The molecule has 0 aliphatic heterocycles. The maximum absolute atomic E-state index is 8.94. The Kier molecular flexibility index (Phi) is 7.85. The van der Waals surface area contributed by atoms with Crippen LogP contribution in [-0.4, -0.2) is 10.2 Å². The fourth-order valence-corrected chi connectivity index (χ4v) is 1.15. The largest absolute Gasteiger partial charge is 0.508 e. The molecule has 0 bridgehead atoms. The van der Waals surface area contributed by atoms with Crippen LogP contribution in [0, 0.1) is 13.8 Å². The third kappa shape index (κ3) is 6.45. The van der Waals surface area contributed by atoms with Crippen molar-refractivity contribution in [2.75, 3.05) is 0 Å². The molecule has 3 heteroatoms. The van der Waals surface area contributed by atoms with Gasteiger partial charge in [0.05, 0.1) is 0 Å². The second kappa shape index (κ2) is 8.27. The molecule has 0 aromatic heterocycles. The van der Waals surface area contributed by atoms with E-state index in [1.165, 1.54) is 5.56 Å². The zero-order valence-corrected chi connectivity index (χ0v) is 12.9. The van der Waals surface area contributed by atoms with Gasteiger partial charge in [0, 0.05) is 32.7 Å². The fourth-order valence-electron chi connectivity index (χ4n) is 1.15. The van der Waals surface area contributed by atoms with Crippen molar-refractivity contribution in [3.8, 4) is 11.5 Å². The summed E-state index contributed by atoms with van der Waals surface area (Å²) in [4.78, 5) is 0. The Hall–Kier alpha value is -0.856. The van der Waals surface area contributed by atoms with Gasteiger partial charge in [-0.05, 0) is 49.2 Å². The molecule has 2 nitrogen and oxygen atoms in total. The van der Waals surface area contributed by atoms with E-state index in [0.717, 1.165) is 5.56 Å². The second-order valence-electron chi connectivity index (χ2n) is 3.60. The molecular formula is C14H16O2Y. The Morgan fingerprint density at radius 1 is 0.706 bits per heavy atom. The van der Waals surface area contributed by atoms with Gasteiger partial charge in [-0.2, -0.15) is 0 Å². The molecule has 2 aromatic rings. The quantitative estimate of drug-likeness (QED) is 0.783. The Bertz CT molecular complexity index is 441. The van der Waals surface area contributed by atoms with Crippen LogP contribution in [0.5, 0.6) is 11.5 Å². The van der Waals surface area contributed by atoms with Crippen LogP contribution in [-0.2, 0) is 32.7 Å². The molecular weight excluding hydrogens is 289 g/mol. The molecule has 0 aliphatic carbocycles. The van der Waals surface area contributed by atoms with Crippen LogP contribution in [0.25, 0.3) is 0 Å². The first-order valence-corrected chi connectivity index (χ1v) is 5.10. The van der Waals surface area contributed by atoms with Gasteiger partial charge in [0.2, 0.25) is 0 Å². The maximum atomic E-state index is 8.94. The number of aromatic hydroxyl groups is 2. The summed E-state index contributed by atoms with van der Waals surface area (Å²) in [6.07, 6.45) is 0. The molecule has 0 aliphatic rings. The first kappa shape index (κ1) is 16.1. The summed E-state index contributed by atoms with van der Waals surface area (Å²) in [6.45, 7) is 4.00. The van der Waals surface area contributed by atoms with E-state index >= 15 is 0 Å². The van der Waals surface area contributed by atoms with Gasteiger partial charge in [-0.15, -0.1) is 0 Å². The van der Waals surface area contributed by atoms with E-state index in [1.807, 2.05) is 26.0 Å². The normalized spacial score (nSPS) is 8.59. The van der Waals surface area contributed by atoms with Gasteiger partial charge in [-0.3, -0.25) is 0 Å². The number of para-hydroxylation sites is 1. The number of hydrogen-bond donors (Lipinski definition) is 2. The molecule has 1 radical (unpaired) electrons. The minimum Gasteiger partial charge on any atom is -0.508 e. The Morgan fingerprint density at radius 2 is 1.29 bits per heavy atom. The van der Waals surface area contributed by atoms with Gasteiger partial charge in [0.15, 0.2) is 0 Å². The summed E-state index contributed by atoms with van der Waals surface area (Å²) < 4.78 is 0. The van der Waals surface area contributed by atoms with Crippen molar-refractivity contribution in [2.24, 2.45) is 0 Å². The van der Waals surface area contributed by atoms with Gasteiger partial charge < -0.3 is 10.2 Å². The Labute approximate surface area is 127 Å². The summed E-state index contributed by atoms with van der Waals surface area (Å²) in [5.41, 5.74) is 2.35. The molecule has 0 spiro atoms. The van der Waals surface area contributed by atoms with E-state index in [4.69, 9.17) is 10.2 Å². The minimum atomic E-state index is 0. The third-order valence-electron chi connectivity index (χ3n) is 2.25. The number of phenolic OH excluding ortho intramolecular Hbond substituents is 2. The van der Waals surface area contributed by atoms with Crippen LogP contribution < -0.4 is 0 Å². The van der Waals surface area contributed by atoms with Crippen molar-refractivity contribution in [3.63, 3.8) is 0 Å². The van der Waals surface area contributed by atoms with Crippen LogP contribution in [0.2, 0.25) is 0 Å². The van der Waals surface area contributed by atoms with Gasteiger partial charge >= 0.3 is 0 Å². The smallest absolute Gasteiger partial charge is 0.115 e. The molecule has 0 unspecified atom stereocenters. The van der Waals surface area contributed by atoms with E-state index < -0.39 is 0 Å². The molecule has 2 rings (SSSR count). The van der Waals surface area contributed by atoms with Crippen LogP contribution in [0.1, 0.15) is 11.1 Å². The molecule has 0 saturated heterocycles. The van der Waals surface area contributed by atoms with Crippen LogP contribution in [0.4, 0.5) is 0 Å². The van der Waals surface area contributed by atoms with Crippen molar-refractivity contribution in [3.05, 3.63) is 59.7 Å². The van der Waals surface area contributed by atoms with E-state index in [9.17, 15) is 0 Å². The summed E-state index contributed by atoms with van der Waals surface area (Å²) in [7, 11) is 0. The molecule has 87 valence electrons. The molecule has 2 N–H and O–H groups in total. The van der Waals surface area contributed by atoms with Gasteiger partial charge in [-0.25, -0.2) is 0 Å². The Balaban J connectivity index is 0.000000292.